The molecule has 190 valence electrons. The number of methoxy groups -OCH3 is 1. The number of halogens is 2. The summed E-state index contributed by atoms with van der Waals surface area (Å²) in [6, 6.07) is 19.4. The van der Waals surface area contributed by atoms with E-state index in [2.05, 4.69) is 20.0 Å². The Morgan fingerprint density at radius 1 is 0.946 bits per heavy atom. The number of hydrogen-bond donors (Lipinski definition) is 0. The number of anilines is 1. The molecule has 0 bridgehead atoms. The smallest absolute Gasteiger partial charge is 0.263 e. The van der Waals surface area contributed by atoms with Crippen LogP contribution in [-0.4, -0.2) is 63.8 Å². The number of rotatable bonds is 7. The van der Waals surface area contributed by atoms with Crippen LogP contribution in [0.2, 0.25) is 0 Å². The Hall–Kier alpha value is -4.34. The zero-order chi connectivity index (χ0) is 25.8. The molecule has 8 nitrogen and oxygen atoms in total. The van der Waals surface area contributed by atoms with Gasteiger partial charge in [0.05, 0.1) is 18.5 Å². The van der Waals surface area contributed by atoms with Gasteiger partial charge in [0.1, 0.15) is 18.7 Å². The van der Waals surface area contributed by atoms with Gasteiger partial charge in [-0.25, -0.2) is 18.7 Å². The van der Waals surface area contributed by atoms with Crippen LogP contribution in [0, 0.1) is 0 Å². The predicted molar refractivity (Wildman–Crippen MR) is 135 cm³/mol. The van der Waals surface area contributed by atoms with Crippen molar-refractivity contribution >= 4 is 11.7 Å². The Labute approximate surface area is 213 Å². The first-order valence-electron chi connectivity index (χ1n) is 11.9. The van der Waals surface area contributed by atoms with E-state index < -0.39 is 6.43 Å². The number of ether oxygens (including phenoxy) is 1. The van der Waals surface area contributed by atoms with Gasteiger partial charge in [0.15, 0.2) is 0 Å². The van der Waals surface area contributed by atoms with E-state index in [9.17, 15) is 13.6 Å². The number of benzene rings is 2. The molecule has 1 fully saturated rings. The largest absolute Gasteiger partial charge is 0.481 e. The minimum atomic E-state index is -2.53. The highest BCUT2D eigenvalue weighted by Crippen LogP contribution is 2.28. The fourth-order valence-corrected chi connectivity index (χ4v) is 4.35. The standard InChI is InChI=1S/C27H26F2N6O2/c1-37-25-16-24(30-18-31-25)33-11-13-34(14-12-33)26(36)17-35-23(20-5-3-2-4-6-20)15-22(32-35)19-7-9-21(10-8-19)27(28)29/h2-10,15-16,18,27H,11-14,17H2,1H3. The molecule has 0 N–H and O–H groups in total. The normalized spacial score (nSPS) is 13.7. The van der Waals surface area contributed by atoms with E-state index >= 15 is 0 Å². The second-order valence-corrected chi connectivity index (χ2v) is 8.65. The lowest BCUT2D eigenvalue weighted by Gasteiger charge is -2.35. The van der Waals surface area contributed by atoms with Gasteiger partial charge in [-0.2, -0.15) is 5.10 Å². The average molecular weight is 505 g/mol. The highest BCUT2D eigenvalue weighted by molar-refractivity contribution is 5.78. The molecule has 2 aromatic heterocycles. The van der Waals surface area contributed by atoms with Gasteiger partial charge in [0, 0.05) is 43.4 Å². The number of carbonyl (C=O) groups is 1. The Kier molecular flexibility index (Phi) is 7.07. The van der Waals surface area contributed by atoms with E-state index in [1.807, 2.05) is 41.3 Å². The SMILES string of the molecule is COc1cc(N2CCN(C(=O)Cn3nc(-c4ccc(C(F)F)cc4)cc3-c3ccccc3)CC2)ncn1. The number of alkyl halides is 2. The van der Waals surface area contributed by atoms with Crippen LogP contribution in [-0.2, 0) is 11.3 Å². The molecule has 0 radical (unpaired) electrons. The fraction of sp³-hybridized carbons (Fsp3) is 0.259. The van der Waals surface area contributed by atoms with Gasteiger partial charge in [-0.3, -0.25) is 9.48 Å². The highest BCUT2D eigenvalue weighted by Gasteiger charge is 2.24. The van der Waals surface area contributed by atoms with Gasteiger partial charge < -0.3 is 14.5 Å². The van der Waals surface area contributed by atoms with Crippen LogP contribution in [0.4, 0.5) is 14.6 Å². The van der Waals surface area contributed by atoms with Gasteiger partial charge in [-0.05, 0) is 11.6 Å². The first-order valence-corrected chi connectivity index (χ1v) is 11.9. The molecular weight excluding hydrogens is 478 g/mol. The summed E-state index contributed by atoms with van der Waals surface area (Å²) in [5, 5.41) is 4.69. The van der Waals surface area contributed by atoms with Crippen molar-refractivity contribution in [2.45, 2.75) is 13.0 Å². The number of carbonyl (C=O) groups excluding carboxylic acids is 1. The van der Waals surface area contributed by atoms with Gasteiger partial charge in [0.2, 0.25) is 11.8 Å². The van der Waals surface area contributed by atoms with Crippen molar-refractivity contribution in [3.8, 4) is 28.4 Å². The van der Waals surface area contributed by atoms with E-state index in [0.29, 0.717) is 43.3 Å². The zero-order valence-corrected chi connectivity index (χ0v) is 20.3. The lowest BCUT2D eigenvalue weighted by molar-refractivity contribution is -0.132. The Morgan fingerprint density at radius 3 is 2.35 bits per heavy atom. The van der Waals surface area contributed by atoms with Crippen LogP contribution in [0.15, 0.2) is 73.1 Å². The minimum Gasteiger partial charge on any atom is -0.481 e. The third-order valence-corrected chi connectivity index (χ3v) is 6.39. The molecule has 0 atom stereocenters. The molecular formula is C27H26F2N6O2. The number of nitrogens with zero attached hydrogens (tertiary/aromatic N) is 6. The second kappa shape index (κ2) is 10.7. The molecule has 4 aromatic rings. The van der Waals surface area contributed by atoms with Crippen molar-refractivity contribution in [3.63, 3.8) is 0 Å². The third-order valence-electron chi connectivity index (χ3n) is 6.39. The summed E-state index contributed by atoms with van der Waals surface area (Å²) in [7, 11) is 1.56. The lowest BCUT2D eigenvalue weighted by Crippen LogP contribution is -2.50. The van der Waals surface area contributed by atoms with Crippen LogP contribution in [0.1, 0.15) is 12.0 Å². The highest BCUT2D eigenvalue weighted by atomic mass is 19.3. The topological polar surface area (TPSA) is 76.4 Å². The Morgan fingerprint density at radius 2 is 1.68 bits per heavy atom. The fourth-order valence-electron chi connectivity index (χ4n) is 4.35. The summed E-state index contributed by atoms with van der Waals surface area (Å²) in [4.78, 5) is 25.6. The number of amides is 1. The van der Waals surface area contributed by atoms with Crippen LogP contribution in [0.3, 0.4) is 0 Å². The molecule has 1 amide bonds. The van der Waals surface area contributed by atoms with E-state index in [0.717, 1.165) is 17.1 Å². The quantitative estimate of drug-likeness (QED) is 0.374. The number of piperazine rings is 1. The average Bonchev–Trinajstić information content (AvgIpc) is 3.37. The molecule has 5 rings (SSSR count). The molecule has 0 saturated carbocycles. The van der Waals surface area contributed by atoms with Gasteiger partial charge in [-0.1, -0.05) is 54.6 Å². The van der Waals surface area contributed by atoms with Gasteiger partial charge >= 0.3 is 0 Å². The molecule has 1 saturated heterocycles. The molecule has 2 aromatic carbocycles. The Bertz CT molecular complexity index is 1350. The molecule has 0 aliphatic carbocycles. The summed E-state index contributed by atoms with van der Waals surface area (Å²) in [5.74, 6) is 1.22. The molecule has 10 heteroatoms. The van der Waals surface area contributed by atoms with Gasteiger partial charge in [0.25, 0.3) is 6.43 Å². The van der Waals surface area contributed by atoms with Crippen molar-refractivity contribution in [2.24, 2.45) is 0 Å². The molecule has 3 heterocycles. The summed E-state index contributed by atoms with van der Waals surface area (Å²) >= 11 is 0. The van der Waals surface area contributed by atoms with Crippen LogP contribution in [0.25, 0.3) is 22.5 Å². The monoisotopic (exact) mass is 504 g/mol. The lowest BCUT2D eigenvalue weighted by atomic mass is 10.1. The first kappa shape index (κ1) is 24.4. The van der Waals surface area contributed by atoms with Crippen molar-refractivity contribution in [1.29, 1.82) is 0 Å². The molecule has 0 spiro atoms. The molecule has 37 heavy (non-hydrogen) atoms. The summed E-state index contributed by atoms with van der Waals surface area (Å²) in [6.07, 6.45) is -1.06. The van der Waals surface area contributed by atoms with E-state index in [-0.39, 0.29) is 18.0 Å². The van der Waals surface area contributed by atoms with E-state index in [4.69, 9.17) is 4.74 Å². The van der Waals surface area contributed by atoms with Gasteiger partial charge in [-0.15, -0.1) is 0 Å². The molecule has 1 aliphatic rings. The van der Waals surface area contributed by atoms with Crippen molar-refractivity contribution in [3.05, 3.63) is 78.6 Å². The van der Waals surface area contributed by atoms with E-state index in [1.54, 1.807) is 30.0 Å². The maximum absolute atomic E-state index is 13.3. The summed E-state index contributed by atoms with van der Waals surface area (Å²) < 4.78 is 32.9. The first-order chi connectivity index (χ1) is 18.0. The van der Waals surface area contributed by atoms with Crippen molar-refractivity contribution in [1.82, 2.24) is 24.6 Å². The molecule has 1 aliphatic heterocycles. The van der Waals surface area contributed by atoms with E-state index in [1.165, 1.54) is 18.5 Å². The van der Waals surface area contributed by atoms with Crippen molar-refractivity contribution < 1.29 is 18.3 Å². The van der Waals surface area contributed by atoms with Crippen LogP contribution < -0.4 is 9.64 Å². The Balaban J connectivity index is 1.33. The zero-order valence-electron chi connectivity index (χ0n) is 20.3. The summed E-state index contributed by atoms with van der Waals surface area (Å²) in [5.41, 5.74) is 2.99. The third kappa shape index (κ3) is 5.42. The van der Waals surface area contributed by atoms with Crippen molar-refractivity contribution in [2.75, 3.05) is 38.2 Å². The van der Waals surface area contributed by atoms with Crippen LogP contribution >= 0.6 is 0 Å². The molecule has 0 unspecified atom stereocenters. The number of aromatic nitrogens is 4. The maximum Gasteiger partial charge on any atom is 0.263 e. The predicted octanol–water partition coefficient (Wildman–Crippen LogP) is 4.30. The van der Waals surface area contributed by atoms with Crippen LogP contribution in [0.5, 0.6) is 5.88 Å². The second-order valence-electron chi connectivity index (χ2n) is 8.65. The maximum atomic E-state index is 13.3. The number of hydrogen-bond acceptors (Lipinski definition) is 6. The summed E-state index contributed by atoms with van der Waals surface area (Å²) in [6.45, 7) is 2.45. The minimum absolute atomic E-state index is 0.0406.